The maximum atomic E-state index is 13.1. The Morgan fingerprint density at radius 2 is 0.726 bits per heavy atom. The van der Waals surface area contributed by atoms with Gasteiger partial charge in [-0.25, -0.2) is 26.3 Å². The molecule has 4 aromatic rings. The van der Waals surface area contributed by atoms with Crippen LogP contribution in [0.4, 0.5) is 22.7 Å². The Bertz CT molecular complexity index is 3450. The van der Waals surface area contributed by atoms with Crippen LogP contribution in [0.1, 0.15) is 117 Å². The van der Waals surface area contributed by atoms with E-state index in [9.17, 15) is 63.1 Å². The number of hydrogen-bond acceptors (Lipinski definition) is 16. The van der Waals surface area contributed by atoms with Crippen molar-refractivity contribution in [1.82, 2.24) is 20.1 Å². The molecular formula is C52H64N10Na2O14S6. The van der Waals surface area contributed by atoms with Crippen LogP contribution in [0.15, 0.2) is 101 Å². The van der Waals surface area contributed by atoms with Crippen molar-refractivity contribution >= 4 is 157 Å². The molecule has 4 aromatic carbocycles. The Labute approximate surface area is 545 Å². The van der Waals surface area contributed by atoms with E-state index in [1.54, 1.807) is 12.1 Å². The van der Waals surface area contributed by atoms with Gasteiger partial charge in [0, 0.05) is 61.5 Å². The predicted octanol–water partition coefficient (Wildman–Crippen LogP) is -0.827. The number of carbonyl (C=O) groups excluding carboxylic acids is 4. The van der Waals surface area contributed by atoms with Gasteiger partial charge in [0.25, 0.3) is 40.1 Å². The fraction of sp³-hybridized carbons (Fsp3) is 0.308. The number of benzene rings is 4. The molecule has 84 heavy (non-hydrogen) atoms. The SMILES string of the molecule is CCC(=O)NS(=O)(=O)c1cc(NC(C)=O)ccc1/C=C/c1ccc(NC(=S)NC(C)C)cc1S(=O)(=O)N=C([O-])CC.CCC(=O)NS(=O)(=O)c1cc(NC(C)=O)ccc1/C=C/c1ccc(NC(=S)NC(C)C)cc1S(=O)(=O)N=C([O-])CC.[Na+].[Na+]. The molecule has 8 N–H and O–H groups in total. The van der Waals surface area contributed by atoms with Gasteiger partial charge in [-0.15, -0.1) is 0 Å². The Morgan fingerprint density at radius 3 is 0.976 bits per heavy atom. The van der Waals surface area contributed by atoms with Crippen LogP contribution >= 0.6 is 24.4 Å². The van der Waals surface area contributed by atoms with E-state index in [-0.39, 0.29) is 160 Å². The summed E-state index contributed by atoms with van der Waals surface area (Å²) >= 11 is 10.5. The van der Waals surface area contributed by atoms with Crippen molar-refractivity contribution in [2.45, 2.75) is 127 Å². The molecule has 4 rings (SSSR count). The van der Waals surface area contributed by atoms with E-state index < -0.39 is 75.5 Å². The van der Waals surface area contributed by atoms with Crippen LogP contribution in [0, 0.1) is 0 Å². The zero-order valence-electron chi connectivity index (χ0n) is 48.3. The third-order valence-electron chi connectivity index (χ3n) is 10.3. The molecule has 0 unspecified atom stereocenters. The molecule has 0 bridgehead atoms. The number of carbonyl (C=O) groups is 4. The minimum atomic E-state index is -4.47. The monoisotopic (exact) mass is 1290 g/mol. The summed E-state index contributed by atoms with van der Waals surface area (Å²) in [5.41, 5.74) is 1.32. The third-order valence-corrected chi connectivity index (χ3v) is 16.3. The van der Waals surface area contributed by atoms with E-state index in [0.717, 1.165) is 0 Å². The molecule has 0 radical (unpaired) electrons. The standard InChI is InChI=1S/2C26H33N5O7S3.2Na/c2*1-6-24(33)30-40(35,36)22-14-20(28-17(5)32)12-10-18(22)8-9-19-11-13-21(29-26(39)27-16(3)4)15-23(19)41(37,38)31-25(34)7-2;;/h2*8-16H,6-7H2,1-5H3,(H,28,32)(H,30,33)(H,31,34)(H2,27,29,39);;/q;;2*+1/p-2/b2*9-8+;;. The normalized spacial score (nSPS) is 12.0. The van der Waals surface area contributed by atoms with Gasteiger partial charge >= 0.3 is 59.1 Å². The molecule has 0 atom stereocenters. The third kappa shape index (κ3) is 24.8. The van der Waals surface area contributed by atoms with Gasteiger partial charge in [0.1, 0.15) is 0 Å². The summed E-state index contributed by atoms with van der Waals surface area (Å²) in [7, 11) is -17.7. The topological polar surface area (TPSA) is 372 Å². The fourth-order valence-electron chi connectivity index (χ4n) is 6.59. The van der Waals surface area contributed by atoms with Gasteiger partial charge in [0.2, 0.25) is 23.6 Å². The molecule has 0 aliphatic rings. The van der Waals surface area contributed by atoms with E-state index >= 15 is 0 Å². The first-order chi connectivity index (χ1) is 38.1. The minimum absolute atomic E-state index is 0. The van der Waals surface area contributed by atoms with Gasteiger partial charge in [-0.1, -0.05) is 76.3 Å². The van der Waals surface area contributed by atoms with Crippen LogP contribution in [-0.4, -0.2) is 91.4 Å². The minimum Gasteiger partial charge on any atom is -0.861 e. The molecule has 0 aliphatic carbocycles. The van der Waals surface area contributed by atoms with Crippen molar-refractivity contribution in [3.63, 3.8) is 0 Å². The summed E-state index contributed by atoms with van der Waals surface area (Å²) in [5, 5.41) is 41.0. The molecule has 0 saturated heterocycles. The molecule has 24 nitrogen and oxygen atoms in total. The molecular weight excluding hydrogens is 1230 g/mol. The number of thiocarbonyl (C=S) groups is 2. The second kappa shape index (κ2) is 34.5. The second-order valence-electron chi connectivity index (χ2n) is 17.9. The molecule has 4 amide bonds. The molecule has 0 fully saturated rings. The number of amides is 4. The summed E-state index contributed by atoms with van der Waals surface area (Å²) in [4.78, 5) is 45.5. The van der Waals surface area contributed by atoms with Gasteiger partial charge in [0.15, 0.2) is 10.2 Å². The average Bonchev–Trinajstić information content (AvgIpc) is 3.59. The summed E-state index contributed by atoms with van der Waals surface area (Å²) < 4.78 is 115. The van der Waals surface area contributed by atoms with E-state index in [1.165, 1.54) is 127 Å². The van der Waals surface area contributed by atoms with Crippen LogP contribution in [-0.2, 0) is 59.3 Å². The van der Waals surface area contributed by atoms with Gasteiger partial charge < -0.3 is 42.1 Å². The molecule has 0 saturated carbocycles. The fourth-order valence-corrected chi connectivity index (χ4v) is 12.3. The summed E-state index contributed by atoms with van der Waals surface area (Å²) in [6.45, 7) is 15.9. The quantitative estimate of drug-likeness (QED) is 0.0157. The van der Waals surface area contributed by atoms with Crippen molar-refractivity contribution in [2.75, 3.05) is 21.3 Å². The maximum Gasteiger partial charge on any atom is 1.00 e. The van der Waals surface area contributed by atoms with Crippen LogP contribution in [0.25, 0.3) is 24.3 Å². The summed E-state index contributed by atoms with van der Waals surface area (Å²) in [6.07, 6.45) is 4.89. The first kappa shape index (κ1) is 76.4. The Hall–Kier alpha value is -5.64. The molecule has 32 heteroatoms. The molecule has 0 spiro atoms. The van der Waals surface area contributed by atoms with Crippen molar-refractivity contribution in [2.24, 2.45) is 8.80 Å². The summed E-state index contributed by atoms with van der Waals surface area (Å²) in [5.74, 6) is -4.05. The Balaban J connectivity index is 0.000000820. The van der Waals surface area contributed by atoms with Gasteiger partial charge in [-0.3, -0.25) is 19.2 Å². The second-order valence-corrected chi connectivity index (χ2v) is 25.2. The van der Waals surface area contributed by atoms with E-state index in [1.807, 2.05) is 37.1 Å². The predicted molar refractivity (Wildman–Crippen MR) is 322 cm³/mol. The van der Waals surface area contributed by atoms with Crippen molar-refractivity contribution in [3.8, 4) is 0 Å². The Kier molecular flexibility index (Phi) is 31.4. The zero-order valence-corrected chi connectivity index (χ0v) is 57.2. The molecule has 0 heterocycles. The number of sulfonamides is 4. The van der Waals surface area contributed by atoms with E-state index in [4.69, 9.17) is 24.4 Å². The van der Waals surface area contributed by atoms with Crippen LogP contribution < -0.4 is 111 Å². The van der Waals surface area contributed by atoms with Crippen molar-refractivity contribution < 1.29 is 122 Å². The molecule has 444 valence electrons. The zero-order chi connectivity index (χ0) is 61.9. The van der Waals surface area contributed by atoms with E-state index in [2.05, 4.69) is 40.7 Å². The van der Waals surface area contributed by atoms with Crippen LogP contribution in [0.5, 0.6) is 0 Å². The smallest absolute Gasteiger partial charge is 0.861 e. The first-order valence-corrected chi connectivity index (χ1v) is 31.6. The molecule has 0 aliphatic heterocycles. The summed E-state index contributed by atoms with van der Waals surface area (Å²) in [6, 6.07) is 16.5. The van der Waals surface area contributed by atoms with Crippen LogP contribution in [0.2, 0.25) is 0 Å². The van der Waals surface area contributed by atoms with Gasteiger partial charge in [0.05, 0.1) is 19.6 Å². The van der Waals surface area contributed by atoms with Crippen molar-refractivity contribution in [3.05, 3.63) is 95.1 Å². The number of nitrogens with zero attached hydrogens (tertiary/aromatic N) is 2. The number of nitrogens with one attached hydrogen (secondary N) is 8. The van der Waals surface area contributed by atoms with E-state index in [0.29, 0.717) is 11.4 Å². The largest absolute Gasteiger partial charge is 1.00 e. The van der Waals surface area contributed by atoms with Crippen molar-refractivity contribution in [1.29, 1.82) is 0 Å². The van der Waals surface area contributed by atoms with Gasteiger partial charge in [-0.2, -0.15) is 25.6 Å². The molecule has 0 aromatic heterocycles. The van der Waals surface area contributed by atoms with Crippen LogP contribution in [0.3, 0.4) is 0 Å². The first-order valence-electron chi connectivity index (χ1n) is 24.9. The number of hydrogen-bond donors (Lipinski definition) is 8. The number of anilines is 4. The number of rotatable bonds is 22. The Morgan fingerprint density at radius 1 is 0.464 bits per heavy atom. The van der Waals surface area contributed by atoms with Gasteiger partial charge in [-0.05, 0) is 148 Å². The maximum absolute atomic E-state index is 13.1. The average molecular weight is 1290 g/mol.